The van der Waals surface area contributed by atoms with Crippen molar-refractivity contribution in [2.45, 2.75) is 62.4 Å². The molecule has 2 aliphatic rings. The Kier molecular flexibility index (Phi) is 4.77. The van der Waals surface area contributed by atoms with Crippen molar-refractivity contribution in [3.63, 3.8) is 0 Å². The molecule has 0 aliphatic carbocycles. The molecule has 24 heavy (non-hydrogen) atoms. The third-order valence-electron chi connectivity index (χ3n) is 3.73. The minimum absolute atomic E-state index is 0.113. The fraction of sp³-hybridized carbons (Fsp3) is 0.688. The maximum Gasteiger partial charge on any atom is 0.408 e. The molecule has 3 amide bonds. The van der Waals surface area contributed by atoms with Gasteiger partial charge in [-0.3, -0.25) is 9.59 Å². The van der Waals surface area contributed by atoms with Gasteiger partial charge in [0.25, 0.3) is 0 Å². The predicted octanol–water partition coefficient (Wildman–Crippen LogP) is 0.691. The molecule has 0 radical (unpaired) electrons. The second-order valence-corrected chi connectivity index (χ2v) is 9.08. The summed E-state index contributed by atoms with van der Waals surface area (Å²) in [6.07, 6.45) is 4.52. The zero-order valence-electron chi connectivity index (χ0n) is 14.5. The number of ether oxygens (including phenoxy) is 1. The van der Waals surface area contributed by atoms with E-state index in [1.807, 2.05) is 13.8 Å². The predicted molar refractivity (Wildman–Crippen MR) is 91.1 cm³/mol. The lowest BCUT2D eigenvalue weighted by molar-refractivity contribution is -0.153. The van der Waals surface area contributed by atoms with Crippen LogP contribution in [0.4, 0.5) is 4.79 Å². The van der Waals surface area contributed by atoms with E-state index >= 15 is 0 Å². The summed E-state index contributed by atoms with van der Waals surface area (Å²) in [6, 6.07) is -1.31. The Balaban J connectivity index is 2.07. The number of thioether (sulfide) groups is 1. The first-order chi connectivity index (χ1) is 11.0. The van der Waals surface area contributed by atoms with Crippen molar-refractivity contribution in [3.05, 3.63) is 0 Å². The highest BCUT2D eigenvalue weighted by Gasteiger charge is 2.64. The van der Waals surface area contributed by atoms with Crippen LogP contribution in [-0.4, -0.2) is 57.2 Å². The molecular weight excluding hydrogens is 330 g/mol. The number of carbonyl (C=O) groups excluding carboxylic acids is 3. The van der Waals surface area contributed by atoms with Crippen LogP contribution in [0.1, 0.15) is 34.6 Å². The van der Waals surface area contributed by atoms with Gasteiger partial charge in [-0.25, -0.2) is 4.79 Å². The van der Waals surface area contributed by atoms with Crippen molar-refractivity contribution in [1.82, 2.24) is 15.5 Å². The van der Waals surface area contributed by atoms with Gasteiger partial charge in [-0.1, -0.05) is 5.92 Å². The van der Waals surface area contributed by atoms with E-state index < -0.39 is 28.5 Å². The average Bonchev–Trinajstić information content (AvgIpc) is 2.69. The third kappa shape index (κ3) is 3.46. The Hall–Kier alpha value is -1.88. The van der Waals surface area contributed by atoms with Crippen LogP contribution in [-0.2, 0) is 14.3 Å². The van der Waals surface area contributed by atoms with Gasteiger partial charge in [0.1, 0.15) is 23.1 Å². The monoisotopic (exact) mass is 353 g/mol. The van der Waals surface area contributed by atoms with Gasteiger partial charge >= 0.3 is 6.09 Å². The molecule has 2 heterocycles. The normalized spacial score (nSPS) is 27.6. The fourth-order valence-corrected chi connectivity index (χ4v) is 4.47. The van der Waals surface area contributed by atoms with Crippen LogP contribution in [0.3, 0.4) is 0 Å². The van der Waals surface area contributed by atoms with Crippen LogP contribution >= 0.6 is 11.8 Å². The summed E-state index contributed by atoms with van der Waals surface area (Å²) in [5.74, 6) is 1.78. The molecule has 0 spiro atoms. The Labute approximate surface area is 146 Å². The van der Waals surface area contributed by atoms with Crippen LogP contribution < -0.4 is 10.6 Å². The highest BCUT2D eigenvalue weighted by atomic mass is 32.2. The molecule has 132 valence electrons. The van der Waals surface area contributed by atoms with Crippen LogP contribution in [0.5, 0.6) is 0 Å². The molecule has 0 saturated carbocycles. The minimum Gasteiger partial charge on any atom is -0.444 e. The van der Waals surface area contributed by atoms with E-state index in [-0.39, 0.29) is 23.7 Å². The largest absolute Gasteiger partial charge is 0.444 e. The molecule has 2 rings (SSSR count). The van der Waals surface area contributed by atoms with E-state index in [0.29, 0.717) is 0 Å². The summed E-state index contributed by atoms with van der Waals surface area (Å²) in [7, 11) is 0. The first kappa shape index (κ1) is 18.5. The van der Waals surface area contributed by atoms with Gasteiger partial charge in [-0.2, -0.15) is 0 Å². The zero-order chi connectivity index (χ0) is 18.3. The van der Waals surface area contributed by atoms with Crippen LogP contribution in [0.25, 0.3) is 0 Å². The van der Waals surface area contributed by atoms with Gasteiger partial charge in [0.05, 0.1) is 6.54 Å². The van der Waals surface area contributed by atoms with Gasteiger partial charge in [-0.05, 0) is 34.6 Å². The van der Waals surface area contributed by atoms with E-state index in [1.54, 1.807) is 20.8 Å². The number of carbonyl (C=O) groups is 3. The maximum absolute atomic E-state index is 12.4. The van der Waals surface area contributed by atoms with Crippen molar-refractivity contribution in [2.75, 3.05) is 6.54 Å². The molecule has 7 nitrogen and oxygen atoms in total. The number of fused-ring (bicyclic) bond motifs is 1. The van der Waals surface area contributed by atoms with Crippen LogP contribution in [0.2, 0.25) is 0 Å². The summed E-state index contributed by atoms with van der Waals surface area (Å²) in [5, 5.41) is 4.93. The van der Waals surface area contributed by atoms with Gasteiger partial charge in [0, 0.05) is 4.75 Å². The molecule has 2 N–H and O–H groups in total. The van der Waals surface area contributed by atoms with Gasteiger partial charge in [-0.15, -0.1) is 18.2 Å². The smallest absolute Gasteiger partial charge is 0.408 e. The summed E-state index contributed by atoms with van der Waals surface area (Å²) in [4.78, 5) is 38.2. The first-order valence-electron chi connectivity index (χ1n) is 7.68. The Morgan fingerprint density at radius 3 is 2.58 bits per heavy atom. The lowest BCUT2D eigenvalue weighted by Gasteiger charge is -2.44. The Morgan fingerprint density at radius 2 is 2.04 bits per heavy atom. The highest BCUT2D eigenvalue weighted by molar-refractivity contribution is 8.01. The Bertz CT molecular complexity index is 605. The van der Waals surface area contributed by atoms with Crippen molar-refractivity contribution in [3.8, 4) is 12.3 Å². The van der Waals surface area contributed by atoms with Crippen molar-refractivity contribution in [1.29, 1.82) is 0 Å². The summed E-state index contributed by atoms with van der Waals surface area (Å²) >= 11 is 1.48. The number of terminal acetylenes is 1. The number of alkyl carbamates (subject to hydrolysis) is 1. The van der Waals surface area contributed by atoms with E-state index in [1.165, 1.54) is 16.7 Å². The van der Waals surface area contributed by atoms with Crippen molar-refractivity contribution >= 4 is 29.7 Å². The van der Waals surface area contributed by atoms with E-state index in [2.05, 4.69) is 16.6 Å². The van der Waals surface area contributed by atoms with E-state index in [4.69, 9.17) is 11.2 Å². The average molecular weight is 353 g/mol. The zero-order valence-corrected chi connectivity index (χ0v) is 15.3. The molecule has 0 bridgehead atoms. The van der Waals surface area contributed by atoms with Gasteiger partial charge in [0.15, 0.2) is 0 Å². The summed E-state index contributed by atoms with van der Waals surface area (Å²) < 4.78 is 4.71. The molecule has 2 fully saturated rings. The molecule has 2 aliphatic heterocycles. The minimum atomic E-state index is -0.686. The fourth-order valence-electron chi connectivity index (χ4n) is 2.84. The SMILES string of the molecule is C#CCNC(=O)[C@@H]1N2C(=O)[C@@H](NC(=O)OC(C)(C)C)[C@H]2SC1(C)C. The number of hydrogen-bond donors (Lipinski definition) is 2. The molecule has 0 aromatic rings. The molecule has 8 heteroatoms. The first-order valence-corrected chi connectivity index (χ1v) is 8.56. The lowest BCUT2D eigenvalue weighted by atomic mass is 9.95. The molecule has 2 saturated heterocycles. The third-order valence-corrected chi connectivity index (χ3v) is 5.30. The van der Waals surface area contributed by atoms with Crippen LogP contribution in [0.15, 0.2) is 0 Å². The standard InChI is InChI=1S/C16H23N3O4S/c1-7-8-17-11(20)10-16(5,6)24-13-9(12(21)19(10)13)18-14(22)23-15(2,3)4/h1,9-10,13H,8H2,2-6H3,(H,17,20)(H,18,22)/t9-,10+,13-/m1/s1. The lowest BCUT2D eigenvalue weighted by Crippen LogP contribution is -2.71. The van der Waals surface area contributed by atoms with E-state index in [0.717, 1.165) is 0 Å². The van der Waals surface area contributed by atoms with Crippen LogP contribution in [0, 0.1) is 12.3 Å². The second-order valence-electron chi connectivity index (χ2n) is 7.31. The number of rotatable bonds is 3. The number of hydrogen-bond acceptors (Lipinski definition) is 5. The Morgan fingerprint density at radius 1 is 1.42 bits per heavy atom. The number of β-lactam (4-membered cyclic amide) rings is 1. The number of amides is 3. The molecule has 0 aromatic heterocycles. The molecule has 0 unspecified atom stereocenters. The molecule has 0 aromatic carbocycles. The number of nitrogens with one attached hydrogen (secondary N) is 2. The molecular formula is C16H23N3O4S. The summed E-state index contributed by atoms with van der Waals surface area (Å²) in [5.41, 5.74) is -0.643. The summed E-state index contributed by atoms with van der Waals surface area (Å²) in [6.45, 7) is 9.16. The second kappa shape index (κ2) is 6.20. The highest BCUT2D eigenvalue weighted by Crippen LogP contribution is 2.50. The quantitative estimate of drug-likeness (QED) is 0.576. The van der Waals surface area contributed by atoms with E-state index in [9.17, 15) is 14.4 Å². The van der Waals surface area contributed by atoms with Crippen molar-refractivity contribution < 1.29 is 19.1 Å². The van der Waals surface area contributed by atoms with Crippen molar-refractivity contribution in [2.24, 2.45) is 0 Å². The number of nitrogens with zero attached hydrogens (tertiary/aromatic N) is 1. The van der Waals surface area contributed by atoms with Gasteiger partial charge < -0.3 is 20.3 Å². The maximum atomic E-state index is 12.4. The van der Waals surface area contributed by atoms with Gasteiger partial charge in [0.2, 0.25) is 11.8 Å². The molecule has 3 atom stereocenters. The topological polar surface area (TPSA) is 87.7 Å².